The van der Waals surface area contributed by atoms with Crippen molar-refractivity contribution < 1.29 is 14.3 Å². The number of aromatic nitrogens is 1. The number of nitrogens with one attached hydrogen (secondary N) is 1. The van der Waals surface area contributed by atoms with Crippen LogP contribution in [0.1, 0.15) is 24.0 Å². The molecule has 0 radical (unpaired) electrons. The summed E-state index contributed by atoms with van der Waals surface area (Å²) in [6.07, 6.45) is 8.93. The van der Waals surface area contributed by atoms with E-state index in [1.165, 1.54) is 0 Å². The zero-order valence-electron chi connectivity index (χ0n) is 18.8. The topological polar surface area (TPSA) is 63.7 Å². The standard InChI is InChI=1S/C27H29N3O3/c1-32-26-9-3-2-8-25(26)30-17-5-7-23(19-30)29-27(31)15-12-21-10-13-24(14-11-21)33-20-22-6-4-16-28-18-22/h2-4,6,8-16,18,23H,5,7,17,19-20H2,1H3,(H,29,31)/b15-12+. The zero-order chi connectivity index (χ0) is 22.9. The van der Waals surface area contributed by atoms with Crippen LogP contribution in [0.2, 0.25) is 0 Å². The maximum Gasteiger partial charge on any atom is 0.244 e. The summed E-state index contributed by atoms with van der Waals surface area (Å²) in [5, 5.41) is 3.14. The highest BCUT2D eigenvalue weighted by atomic mass is 16.5. The molecule has 3 aromatic rings. The SMILES string of the molecule is COc1ccccc1N1CCCC(NC(=O)/C=C/c2ccc(OCc3cccnc3)cc2)C1. The number of methoxy groups -OCH3 is 1. The number of amides is 1. The molecule has 4 rings (SSSR count). The second-order valence-electron chi connectivity index (χ2n) is 8.02. The van der Waals surface area contributed by atoms with Crippen LogP contribution in [-0.4, -0.2) is 37.1 Å². The second kappa shape index (κ2) is 11.2. The molecule has 1 aliphatic heterocycles. The monoisotopic (exact) mass is 443 g/mol. The van der Waals surface area contributed by atoms with Gasteiger partial charge < -0.3 is 19.7 Å². The Morgan fingerprint density at radius 3 is 2.79 bits per heavy atom. The smallest absolute Gasteiger partial charge is 0.244 e. The second-order valence-corrected chi connectivity index (χ2v) is 8.02. The van der Waals surface area contributed by atoms with Crippen molar-refractivity contribution in [3.8, 4) is 11.5 Å². The molecule has 1 saturated heterocycles. The van der Waals surface area contributed by atoms with E-state index in [2.05, 4.69) is 21.3 Å². The van der Waals surface area contributed by atoms with Gasteiger partial charge in [-0.25, -0.2) is 0 Å². The van der Waals surface area contributed by atoms with Gasteiger partial charge in [0.1, 0.15) is 18.1 Å². The summed E-state index contributed by atoms with van der Waals surface area (Å²) in [6, 6.07) is 19.7. The molecule has 6 heteroatoms. The summed E-state index contributed by atoms with van der Waals surface area (Å²) in [5.74, 6) is 1.55. The lowest BCUT2D eigenvalue weighted by molar-refractivity contribution is -0.117. The van der Waals surface area contributed by atoms with Gasteiger partial charge in [0.2, 0.25) is 5.91 Å². The fourth-order valence-corrected chi connectivity index (χ4v) is 3.95. The van der Waals surface area contributed by atoms with E-state index in [1.54, 1.807) is 25.6 Å². The Hall–Kier alpha value is -3.80. The molecule has 0 saturated carbocycles. The molecule has 2 heterocycles. The van der Waals surface area contributed by atoms with Crippen LogP contribution in [0.15, 0.2) is 79.1 Å². The molecule has 1 N–H and O–H groups in total. The Morgan fingerprint density at radius 2 is 2.00 bits per heavy atom. The third-order valence-corrected chi connectivity index (χ3v) is 5.63. The minimum absolute atomic E-state index is 0.0845. The molecule has 0 bridgehead atoms. The van der Waals surface area contributed by atoms with E-state index in [0.717, 1.165) is 54.2 Å². The third kappa shape index (κ3) is 6.35. The first-order valence-corrected chi connectivity index (χ1v) is 11.2. The summed E-state index contributed by atoms with van der Waals surface area (Å²) in [7, 11) is 1.69. The molecule has 1 amide bonds. The molecule has 2 aromatic carbocycles. The zero-order valence-corrected chi connectivity index (χ0v) is 18.8. The summed E-state index contributed by atoms with van der Waals surface area (Å²) < 4.78 is 11.3. The van der Waals surface area contributed by atoms with E-state index in [1.807, 2.05) is 60.7 Å². The molecule has 1 atom stereocenters. The maximum absolute atomic E-state index is 12.5. The van der Waals surface area contributed by atoms with Gasteiger partial charge in [0.05, 0.1) is 12.8 Å². The lowest BCUT2D eigenvalue weighted by Gasteiger charge is -2.35. The minimum atomic E-state index is -0.0845. The van der Waals surface area contributed by atoms with Crippen molar-refractivity contribution in [3.63, 3.8) is 0 Å². The lowest BCUT2D eigenvalue weighted by atomic mass is 10.0. The van der Waals surface area contributed by atoms with Gasteiger partial charge in [-0.3, -0.25) is 9.78 Å². The van der Waals surface area contributed by atoms with Crippen molar-refractivity contribution in [2.24, 2.45) is 0 Å². The van der Waals surface area contributed by atoms with Crippen LogP contribution >= 0.6 is 0 Å². The van der Waals surface area contributed by atoms with Crippen LogP contribution in [0.25, 0.3) is 6.08 Å². The first kappa shape index (κ1) is 22.4. The molecule has 1 aromatic heterocycles. The molecular weight excluding hydrogens is 414 g/mol. The van der Waals surface area contributed by atoms with Crippen molar-refractivity contribution in [1.29, 1.82) is 0 Å². The van der Waals surface area contributed by atoms with Crippen LogP contribution < -0.4 is 19.7 Å². The number of piperidine rings is 1. The first-order valence-electron chi connectivity index (χ1n) is 11.2. The van der Waals surface area contributed by atoms with Gasteiger partial charge >= 0.3 is 0 Å². The number of hydrogen-bond donors (Lipinski definition) is 1. The molecule has 0 aliphatic carbocycles. The Kier molecular flexibility index (Phi) is 7.59. The number of nitrogens with zero attached hydrogens (tertiary/aromatic N) is 2. The van der Waals surface area contributed by atoms with E-state index in [0.29, 0.717) is 6.61 Å². The number of rotatable bonds is 8. The van der Waals surface area contributed by atoms with E-state index in [4.69, 9.17) is 9.47 Å². The van der Waals surface area contributed by atoms with Crippen LogP contribution in [0.3, 0.4) is 0 Å². The number of carbonyl (C=O) groups excluding carboxylic acids is 1. The molecular formula is C27H29N3O3. The fraction of sp³-hybridized carbons (Fsp3) is 0.259. The number of benzene rings is 2. The van der Waals surface area contributed by atoms with Gasteiger partial charge in [-0.1, -0.05) is 30.3 Å². The largest absolute Gasteiger partial charge is 0.495 e. The van der Waals surface area contributed by atoms with Gasteiger partial charge in [0, 0.05) is 43.2 Å². The average molecular weight is 444 g/mol. The summed E-state index contributed by atoms with van der Waals surface area (Å²) in [5.41, 5.74) is 3.03. The number of hydrogen-bond acceptors (Lipinski definition) is 5. The van der Waals surface area contributed by atoms with Gasteiger partial charge in [-0.15, -0.1) is 0 Å². The Balaban J connectivity index is 1.28. The van der Waals surface area contributed by atoms with Crippen LogP contribution in [0.4, 0.5) is 5.69 Å². The van der Waals surface area contributed by atoms with Crippen LogP contribution in [0.5, 0.6) is 11.5 Å². The molecule has 1 aliphatic rings. The van der Waals surface area contributed by atoms with E-state index in [9.17, 15) is 4.79 Å². The number of carbonyl (C=O) groups is 1. The van der Waals surface area contributed by atoms with Crippen LogP contribution in [-0.2, 0) is 11.4 Å². The highest BCUT2D eigenvalue weighted by molar-refractivity contribution is 5.92. The van der Waals surface area contributed by atoms with Gasteiger partial charge in [0.15, 0.2) is 0 Å². The van der Waals surface area contributed by atoms with Crippen molar-refractivity contribution >= 4 is 17.7 Å². The van der Waals surface area contributed by atoms with Gasteiger partial charge in [0.25, 0.3) is 0 Å². The Morgan fingerprint density at radius 1 is 1.15 bits per heavy atom. The predicted octanol–water partition coefficient (Wildman–Crippen LogP) is 4.47. The van der Waals surface area contributed by atoms with E-state index in [-0.39, 0.29) is 11.9 Å². The molecule has 170 valence electrons. The third-order valence-electron chi connectivity index (χ3n) is 5.63. The highest BCUT2D eigenvalue weighted by Gasteiger charge is 2.22. The number of pyridine rings is 1. The number of ether oxygens (including phenoxy) is 2. The predicted molar refractivity (Wildman–Crippen MR) is 130 cm³/mol. The summed E-state index contributed by atoms with van der Waals surface area (Å²) in [6.45, 7) is 2.19. The van der Waals surface area contributed by atoms with Gasteiger partial charge in [-0.05, 0) is 54.8 Å². The maximum atomic E-state index is 12.5. The molecule has 6 nitrogen and oxygen atoms in total. The molecule has 1 fully saturated rings. The van der Waals surface area contributed by atoms with Crippen LogP contribution in [0, 0.1) is 0 Å². The minimum Gasteiger partial charge on any atom is -0.495 e. The summed E-state index contributed by atoms with van der Waals surface area (Å²) >= 11 is 0. The van der Waals surface area contributed by atoms with Crippen molar-refractivity contribution in [1.82, 2.24) is 10.3 Å². The molecule has 33 heavy (non-hydrogen) atoms. The number of anilines is 1. The highest BCUT2D eigenvalue weighted by Crippen LogP contribution is 2.29. The average Bonchev–Trinajstić information content (AvgIpc) is 2.87. The Labute approximate surface area is 194 Å². The first-order chi connectivity index (χ1) is 16.2. The normalized spacial score (nSPS) is 15.9. The van der Waals surface area contributed by atoms with Gasteiger partial charge in [-0.2, -0.15) is 0 Å². The van der Waals surface area contributed by atoms with E-state index < -0.39 is 0 Å². The van der Waals surface area contributed by atoms with Crippen molar-refractivity contribution in [3.05, 3.63) is 90.3 Å². The number of para-hydroxylation sites is 2. The molecule has 1 unspecified atom stereocenters. The summed E-state index contributed by atoms with van der Waals surface area (Å²) in [4.78, 5) is 18.9. The quantitative estimate of drug-likeness (QED) is 0.521. The van der Waals surface area contributed by atoms with Crippen molar-refractivity contribution in [2.75, 3.05) is 25.1 Å². The Bertz CT molecular complexity index is 1070. The lowest BCUT2D eigenvalue weighted by Crippen LogP contribution is -2.47. The van der Waals surface area contributed by atoms with Crippen molar-refractivity contribution in [2.45, 2.75) is 25.5 Å². The fourth-order valence-electron chi connectivity index (χ4n) is 3.95. The van der Waals surface area contributed by atoms with E-state index >= 15 is 0 Å². The molecule has 0 spiro atoms.